The maximum atomic E-state index is 11.5. The number of urea groups is 1. The van der Waals surface area contributed by atoms with E-state index in [9.17, 15) is 14.4 Å². The van der Waals surface area contributed by atoms with Crippen molar-refractivity contribution in [2.24, 2.45) is 0 Å². The predicted molar refractivity (Wildman–Crippen MR) is 73.4 cm³/mol. The van der Waals surface area contributed by atoms with Gasteiger partial charge in [0.1, 0.15) is 6.04 Å². The Bertz CT molecular complexity index is 516. The number of hydrogen-bond acceptors (Lipinski definition) is 3. The van der Waals surface area contributed by atoms with E-state index in [4.69, 9.17) is 5.11 Å². The number of aryl methyl sites for hydroxylation is 1. The molecule has 1 rings (SSSR count). The van der Waals surface area contributed by atoms with Crippen LogP contribution < -0.4 is 16.0 Å². The maximum absolute atomic E-state index is 11.5. The first-order chi connectivity index (χ1) is 9.38. The molecule has 0 heterocycles. The Balaban J connectivity index is 2.36. The van der Waals surface area contributed by atoms with Gasteiger partial charge < -0.3 is 21.1 Å². The van der Waals surface area contributed by atoms with Gasteiger partial charge in [-0.15, -0.1) is 0 Å². The fraction of sp³-hybridized carbons (Fsp3) is 0.308. The number of hydrogen-bond donors (Lipinski definition) is 4. The highest BCUT2D eigenvalue weighted by atomic mass is 16.4. The van der Waals surface area contributed by atoms with Gasteiger partial charge in [0.15, 0.2) is 0 Å². The second kappa shape index (κ2) is 7.13. The number of anilines is 1. The summed E-state index contributed by atoms with van der Waals surface area (Å²) < 4.78 is 0. The van der Waals surface area contributed by atoms with Gasteiger partial charge in [0.2, 0.25) is 5.91 Å². The molecule has 108 valence electrons. The number of carboxylic acid groups (broad SMARTS) is 1. The normalized spacial score (nSPS) is 11.3. The average Bonchev–Trinajstić information content (AvgIpc) is 2.36. The molecule has 0 aliphatic carbocycles. The molecule has 0 aromatic heterocycles. The van der Waals surface area contributed by atoms with E-state index >= 15 is 0 Å². The summed E-state index contributed by atoms with van der Waals surface area (Å²) in [5.41, 5.74) is 1.61. The Morgan fingerprint density at radius 2 is 2.00 bits per heavy atom. The van der Waals surface area contributed by atoms with Gasteiger partial charge in [-0.2, -0.15) is 0 Å². The van der Waals surface area contributed by atoms with E-state index in [2.05, 4.69) is 16.0 Å². The van der Waals surface area contributed by atoms with Gasteiger partial charge >= 0.3 is 12.0 Å². The smallest absolute Gasteiger partial charge is 0.325 e. The van der Waals surface area contributed by atoms with E-state index in [-0.39, 0.29) is 6.54 Å². The van der Waals surface area contributed by atoms with E-state index in [1.54, 1.807) is 18.2 Å². The molecule has 3 amide bonds. The maximum Gasteiger partial charge on any atom is 0.325 e. The zero-order valence-corrected chi connectivity index (χ0v) is 11.3. The average molecular weight is 279 g/mol. The van der Waals surface area contributed by atoms with Crippen molar-refractivity contribution in [1.82, 2.24) is 10.6 Å². The molecule has 0 radical (unpaired) electrons. The molecule has 0 saturated heterocycles. The van der Waals surface area contributed by atoms with Gasteiger partial charge in [0.05, 0.1) is 6.54 Å². The topological polar surface area (TPSA) is 108 Å². The predicted octanol–water partition coefficient (Wildman–Crippen LogP) is 0.706. The lowest BCUT2D eigenvalue weighted by atomic mass is 10.2. The fourth-order valence-corrected chi connectivity index (χ4v) is 1.41. The Kier molecular flexibility index (Phi) is 5.52. The van der Waals surface area contributed by atoms with Crippen LogP contribution in [0.2, 0.25) is 0 Å². The lowest BCUT2D eigenvalue weighted by molar-refractivity contribution is -0.141. The van der Waals surface area contributed by atoms with Crippen molar-refractivity contribution >= 4 is 23.6 Å². The number of amides is 3. The third kappa shape index (κ3) is 5.38. The number of benzene rings is 1. The molecule has 7 nitrogen and oxygen atoms in total. The van der Waals surface area contributed by atoms with Crippen LogP contribution in [-0.2, 0) is 9.59 Å². The Hall–Kier alpha value is -2.57. The number of carbonyl (C=O) groups is 3. The lowest BCUT2D eigenvalue weighted by Gasteiger charge is -2.11. The van der Waals surface area contributed by atoms with Crippen molar-refractivity contribution in [3.8, 4) is 0 Å². The monoisotopic (exact) mass is 279 g/mol. The summed E-state index contributed by atoms with van der Waals surface area (Å²) in [6.07, 6.45) is 0. The summed E-state index contributed by atoms with van der Waals surface area (Å²) in [5.74, 6) is -1.71. The standard InChI is InChI=1S/C13H17N3O4/c1-8-4-3-5-10(6-8)16-13(20)14-7-11(17)15-9(2)12(18)19/h3-6,9H,7H2,1-2H3,(H,15,17)(H,18,19)(H2,14,16,20)/t9-/m0/s1. The number of aliphatic carboxylic acids is 1. The van der Waals surface area contributed by atoms with Crippen LogP contribution in [0.1, 0.15) is 12.5 Å². The van der Waals surface area contributed by atoms with E-state index in [1.807, 2.05) is 13.0 Å². The molecule has 0 aliphatic rings. The van der Waals surface area contributed by atoms with Crippen LogP contribution in [0.3, 0.4) is 0 Å². The van der Waals surface area contributed by atoms with Crippen LogP contribution in [0.4, 0.5) is 10.5 Å². The van der Waals surface area contributed by atoms with Crippen molar-refractivity contribution in [2.45, 2.75) is 19.9 Å². The Labute approximate surface area is 116 Å². The van der Waals surface area contributed by atoms with E-state index in [1.165, 1.54) is 6.92 Å². The summed E-state index contributed by atoms with van der Waals surface area (Å²) in [4.78, 5) is 33.4. The molecule has 1 aromatic rings. The second-order valence-electron chi connectivity index (χ2n) is 4.30. The molecule has 20 heavy (non-hydrogen) atoms. The molecule has 0 fully saturated rings. The third-order valence-corrected chi connectivity index (χ3v) is 2.43. The molecule has 4 N–H and O–H groups in total. The number of carbonyl (C=O) groups excluding carboxylic acids is 2. The quantitative estimate of drug-likeness (QED) is 0.636. The van der Waals surface area contributed by atoms with Crippen molar-refractivity contribution in [2.75, 3.05) is 11.9 Å². The van der Waals surface area contributed by atoms with Crippen molar-refractivity contribution in [3.63, 3.8) is 0 Å². The first-order valence-corrected chi connectivity index (χ1v) is 6.02. The molecule has 0 spiro atoms. The summed E-state index contributed by atoms with van der Waals surface area (Å²) in [6, 6.07) is 5.67. The highest BCUT2D eigenvalue weighted by Crippen LogP contribution is 2.08. The molecule has 1 atom stereocenters. The minimum absolute atomic E-state index is 0.296. The van der Waals surface area contributed by atoms with Gasteiger partial charge in [0, 0.05) is 5.69 Å². The van der Waals surface area contributed by atoms with E-state index in [0.717, 1.165) is 5.56 Å². The largest absolute Gasteiger partial charge is 0.480 e. The van der Waals surface area contributed by atoms with Gasteiger partial charge in [-0.25, -0.2) is 4.79 Å². The Morgan fingerprint density at radius 1 is 1.30 bits per heavy atom. The molecule has 0 saturated carbocycles. The summed E-state index contributed by atoms with van der Waals surface area (Å²) in [6.45, 7) is 2.94. The minimum atomic E-state index is -1.14. The van der Waals surface area contributed by atoms with Crippen LogP contribution in [0, 0.1) is 6.92 Å². The summed E-state index contributed by atoms with van der Waals surface area (Å²) in [7, 11) is 0. The highest BCUT2D eigenvalue weighted by Gasteiger charge is 2.14. The molecule has 0 bridgehead atoms. The third-order valence-electron chi connectivity index (χ3n) is 2.43. The van der Waals surface area contributed by atoms with Crippen LogP contribution in [0.15, 0.2) is 24.3 Å². The van der Waals surface area contributed by atoms with Crippen molar-refractivity contribution < 1.29 is 19.5 Å². The first kappa shape index (κ1) is 15.5. The molecule has 7 heteroatoms. The number of rotatable bonds is 5. The molecule has 1 aromatic carbocycles. The van der Waals surface area contributed by atoms with Crippen LogP contribution in [0.5, 0.6) is 0 Å². The van der Waals surface area contributed by atoms with E-state index < -0.39 is 23.9 Å². The van der Waals surface area contributed by atoms with E-state index in [0.29, 0.717) is 5.69 Å². The number of carboxylic acids is 1. The first-order valence-electron chi connectivity index (χ1n) is 6.02. The molecule has 0 unspecified atom stereocenters. The van der Waals surface area contributed by atoms with Crippen molar-refractivity contribution in [3.05, 3.63) is 29.8 Å². The van der Waals surface area contributed by atoms with Gasteiger partial charge in [-0.05, 0) is 31.5 Å². The highest BCUT2D eigenvalue weighted by molar-refractivity contribution is 5.93. The zero-order chi connectivity index (χ0) is 15.1. The zero-order valence-electron chi connectivity index (χ0n) is 11.3. The summed E-state index contributed by atoms with van der Waals surface area (Å²) >= 11 is 0. The van der Waals surface area contributed by atoms with Gasteiger partial charge in [-0.1, -0.05) is 12.1 Å². The molecule has 0 aliphatic heterocycles. The molecular weight excluding hydrogens is 262 g/mol. The Morgan fingerprint density at radius 3 is 2.60 bits per heavy atom. The second-order valence-corrected chi connectivity index (χ2v) is 4.30. The lowest BCUT2D eigenvalue weighted by Crippen LogP contribution is -2.44. The minimum Gasteiger partial charge on any atom is -0.480 e. The summed E-state index contributed by atoms with van der Waals surface area (Å²) in [5, 5.41) is 15.7. The number of nitrogens with one attached hydrogen (secondary N) is 3. The van der Waals surface area contributed by atoms with Gasteiger partial charge in [0.25, 0.3) is 0 Å². The van der Waals surface area contributed by atoms with Crippen LogP contribution in [0.25, 0.3) is 0 Å². The molecular formula is C13H17N3O4. The fourth-order valence-electron chi connectivity index (χ4n) is 1.41. The van der Waals surface area contributed by atoms with Crippen molar-refractivity contribution in [1.29, 1.82) is 0 Å². The van der Waals surface area contributed by atoms with Crippen LogP contribution in [-0.4, -0.2) is 35.6 Å². The van der Waals surface area contributed by atoms with Gasteiger partial charge in [-0.3, -0.25) is 9.59 Å². The van der Waals surface area contributed by atoms with Crippen LogP contribution >= 0.6 is 0 Å². The SMILES string of the molecule is Cc1cccc(NC(=O)NCC(=O)N[C@@H](C)C(=O)O)c1.